The van der Waals surface area contributed by atoms with Crippen LogP contribution in [0.3, 0.4) is 0 Å². The second-order valence-corrected chi connectivity index (χ2v) is 3.63. The molecule has 14 heavy (non-hydrogen) atoms. The summed E-state index contributed by atoms with van der Waals surface area (Å²) in [5, 5.41) is 0. The first-order chi connectivity index (χ1) is 6.65. The highest BCUT2D eigenvalue weighted by molar-refractivity contribution is 5.74. The number of rotatable bonds is 4. The Morgan fingerprint density at radius 1 is 1.43 bits per heavy atom. The molecule has 1 atom stereocenters. The third-order valence-electron chi connectivity index (χ3n) is 2.57. The van der Waals surface area contributed by atoms with Gasteiger partial charge in [-0.05, 0) is 30.4 Å². The Bertz CT molecular complexity index is 320. The molecular weight excluding hydrogens is 174 g/mol. The standard InChI is InChI=1S/C12H17NO/c1-3-10(8-12(13)14)11-7-5-4-6-9(11)2/h4-7,10H,3,8H2,1-2H3,(H2,13,14). The Balaban J connectivity index is 2.89. The first-order valence-electron chi connectivity index (χ1n) is 4.99. The van der Waals surface area contributed by atoms with E-state index in [0.29, 0.717) is 6.42 Å². The van der Waals surface area contributed by atoms with Crippen molar-refractivity contribution in [1.82, 2.24) is 0 Å². The quantitative estimate of drug-likeness (QED) is 0.780. The number of hydrogen-bond acceptors (Lipinski definition) is 1. The number of aryl methyl sites for hydroxylation is 1. The van der Waals surface area contributed by atoms with E-state index in [1.165, 1.54) is 11.1 Å². The lowest BCUT2D eigenvalue weighted by Gasteiger charge is -2.15. The van der Waals surface area contributed by atoms with Gasteiger partial charge < -0.3 is 5.73 Å². The molecule has 0 radical (unpaired) electrons. The average molecular weight is 191 g/mol. The minimum Gasteiger partial charge on any atom is -0.370 e. The van der Waals surface area contributed by atoms with E-state index in [0.717, 1.165) is 6.42 Å². The third kappa shape index (κ3) is 2.59. The Kier molecular flexibility index (Phi) is 3.69. The zero-order chi connectivity index (χ0) is 10.6. The molecule has 0 aliphatic carbocycles. The maximum absolute atomic E-state index is 10.9. The zero-order valence-corrected chi connectivity index (χ0v) is 8.79. The Morgan fingerprint density at radius 3 is 2.57 bits per heavy atom. The molecule has 1 rings (SSSR count). The highest BCUT2D eigenvalue weighted by Crippen LogP contribution is 2.25. The minimum atomic E-state index is -0.222. The van der Waals surface area contributed by atoms with Crippen LogP contribution in [0.15, 0.2) is 24.3 Å². The topological polar surface area (TPSA) is 43.1 Å². The number of benzene rings is 1. The molecule has 1 aromatic rings. The van der Waals surface area contributed by atoms with E-state index in [1.807, 2.05) is 12.1 Å². The van der Waals surface area contributed by atoms with Crippen molar-refractivity contribution in [2.75, 3.05) is 0 Å². The van der Waals surface area contributed by atoms with Crippen LogP contribution in [0.5, 0.6) is 0 Å². The molecule has 0 saturated carbocycles. The number of nitrogens with two attached hydrogens (primary N) is 1. The van der Waals surface area contributed by atoms with E-state index in [2.05, 4.69) is 26.0 Å². The molecule has 76 valence electrons. The Morgan fingerprint density at radius 2 is 2.07 bits per heavy atom. The smallest absolute Gasteiger partial charge is 0.218 e. The molecular formula is C12H17NO. The van der Waals surface area contributed by atoms with Gasteiger partial charge in [-0.2, -0.15) is 0 Å². The van der Waals surface area contributed by atoms with E-state index < -0.39 is 0 Å². The van der Waals surface area contributed by atoms with Gasteiger partial charge in [-0.15, -0.1) is 0 Å². The fraction of sp³-hybridized carbons (Fsp3) is 0.417. The van der Waals surface area contributed by atoms with Crippen LogP contribution in [-0.4, -0.2) is 5.91 Å². The summed E-state index contributed by atoms with van der Waals surface area (Å²) in [6.07, 6.45) is 1.40. The van der Waals surface area contributed by atoms with Crippen molar-refractivity contribution in [1.29, 1.82) is 0 Å². The van der Waals surface area contributed by atoms with Crippen LogP contribution in [0.2, 0.25) is 0 Å². The summed E-state index contributed by atoms with van der Waals surface area (Å²) in [5.74, 6) is 0.0498. The number of amides is 1. The number of primary amides is 1. The average Bonchev–Trinajstić information content (AvgIpc) is 2.15. The summed E-state index contributed by atoms with van der Waals surface area (Å²) in [4.78, 5) is 10.9. The van der Waals surface area contributed by atoms with Crippen molar-refractivity contribution in [3.05, 3.63) is 35.4 Å². The molecule has 1 amide bonds. The molecule has 1 aromatic carbocycles. The lowest BCUT2D eigenvalue weighted by molar-refractivity contribution is -0.118. The Hall–Kier alpha value is -1.31. The molecule has 0 bridgehead atoms. The summed E-state index contributed by atoms with van der Waals surface area (Å²) in [6, 6.07) is 8.16. The molecule has 2 heteroatoms. The minimum absolute atomic E-state index is 0.222. The molecule has 0 spiro atoms. The molecule has 2 N–H and O–H groups in total. The van der Waals surface area contributed by atoms with Crippen LogP contribution in [0.1, 0.15) is 36.8 Å². The fourth-order valence-electron chi connectivity index (χ4n) is 1.76. The maximum atomic E-state index is 10.9. The molecule has 1 unspecified atom stereocenters. The predicted octanol–water partition coefficient (Wildman–Crippen LogP) is 2.36. The van der Waals surface area contributed by atoms with Gasteiger partial charge in [0, 0.05) is 6.42 Å². The van der Waals surface area contributed by atoms with E-state index in [9.17, 15) is 4.79 Å². The third-order valence-corrected chi connectivity index (χ3v) is 2.57. The normalized spacial score (nSPS) is 12.4. The van der Waals surface area contributed by atoms with Gasteiger partial charge in [-0.25, -0.2) is 0 Å². The van der Waals surface area contributed by atoms with Gasteiger partial charge in [-0.1, -0.05) is 31.2 Å². The summed E-state index contributed by atoms with van der Waals surface area (Å²) < 4.78 is 0. The van der Waals surface area contributed by atoms with Gasteiger partial charge in [0.25, 0.3) is 0 Å². The molecule has 0 aromatic heterocycles. The second kappa shape index (κ2) is 4.80. The largest absolute Gasteiger partial charge is 0.370 e. The molecule has 0 saturated heterocycles. The van der Waals surface area contributed by atoms with E-state index >= 15 is 0 Å². The maximum Gasteiger partial charge on any atom is 0.218 e. The van der Waals surface area contributed by atoms with Crippen molar-refractivity contribution in [3.8, 4) is 0 Å². The summed E-state index contributed by atoms with van der Waals surface area (Å²) in [5.41, 5.74) is 7.70. The number of hydrogen-bond donors (Lipinski definition) is 1. The van der Waals surface area contributed by atoms with Crippen LogP contribution in [0, 0.1) is 6.92 Å². The van der Waals surface area contributed by atoms with E-state index in [4.69, 9.17) is 5.73 Å². The molecule has 0 aliphatic heterocycles. The summed E-state index contributed by atoms with van der Waals surface area (Å²) in [6.45, 7) is 4.15. The monoisotopic (exact) mass is 191 g/mol. The van der Waals surface area contributed by atoms with Crippen LogP contribution in [0.25, 0.3) is 0 Å². The number of carbonyl (C=O) groups is 1. The number of carbonyl (C=O) groups excluding carboxylic acids is 1. The van der Waals surface area contributed by atoms with Crippen molar-refractivity contribution in [2.24, 2.45) is 5.73 Å². The van der Waals surface area contributed by atoms with Gasteiger partial charge in [0.1, 0.15) is 0 Å². The summed E-state index contributed by atoms with van der Waals surface area (Å²) >= 11 is 0. The van der Waals surface area contributed by atoms with E-state index in [1.54, 1.807) is 0 Å². The van der Waals surface area contributed by atoms with Crippen molar-refractivity contribution >= 4 is 5.91 Å². The highest BCUT2D eigenvalue weighted by atomic mass is 16.1. The van der Waals surface area contributed by atoms with Crippen LogP contribution in [-0.2, 0) is 4.79 Å². The predicted molar refractivity (Wildman–Crippen MR) is 58.0 cm³/mol. The zero-order valence-electron chi connectivity index (χ0n) is 8.79. The first kappa shape index (κ1) is 10.8. The lowest BCUT2D eigenvalue weighted by atomic mass is 9.90. The van der Waals surface area contributed by atoms with Crippen molar-refractivity contribution < 1.29 is 4.79 Å². The van der Waals surface area contributed by atoms with Gasteiger partial charge in [-0.3, -0.25) is 4.79 Å². The van der Waals surface area contributed by atoms with Gasteiger partial charge in [0.15, 0.2) is 0 Å². The lowest BCUT2D eigenvalue weighted by Crippen LogP contribution is -2.15. The molecule has 0 fully saturated rings. The van der Waals surface area contributed by atoms with Gasteiger partial charge in [0.2, 0.25) is 5.91 Å². The molecule has 0 heterocycles. The molecule has 2 nitrogen and oxygen atoms in total. The van der Waals surface area contributed by atoms with Crippen molar-refractivity contribution in [3.63, 3.8) is 0 Å². The molecule has 0 aliphatic rings. The van der Waals surface area contributed by atoms with Gasteiger partial charge in [0.05, 0.1) is 0 Å². The second-order valence-electron chi connectivity index (χ2n) is 3.63. The van der Waals surface area contributed by atoms with Gasteiger partial charge >= 0.3 is 0 Å². The Labute approximate surface area is 85.1 Å². The SMILES string of the molecule is CCC(CC(N)=O)c1ccccc1C. The highest BCUT2D eigenvalue weighted by Gasteiger charge is 2.13. The summed E-state index contributed by atoms with van der Waals surface area (Å²) in [7, 11) is 0. The van der Waals surface area contributed by atoms with Crippen LogP contribution < -0.4 is 5.73 Å². The first-order valence-corrected chi connectivity index (χ1v) is 4.99. The van der Waals surface area contributed by atoms with Crippen molar-refractivity contribution in [2.45, 2.75) is 32.6 Å². The van der Waals surface area contributed by atoms with Crippen LogP contribution in [0.4, 0.5) is 0 Å². The van der Waals surface area contributed by atoms with E-state index in [-0.39, 0.29) is 11.8 Å². The fourth-order valence-corrected chi connectivity index (χ4v) is 1.76. The van der Waals surface area contributed by atoms with Crippen LogP contribution >= 0.6 is 0 Å².